The van der Waals surface area contributed by atoms with Crippen molar-refractivity contribution < 1.29 is 9.15 Å². The molecule has 0 N–H and O–H groups in total. The maximum absolute atomic E-state index is 6.47. The maximum Gasteiger partial charge on any atom is 0.227 e. The first-order valence-corrected chi connectivity index (χ1v) is 14.8. The Kier molecular flexibility index (Phi) is 6.20. The van der Waals surface area contributed by atoms with E-state index in [2.05, 4.69) is 90.4 Å². The van der Waals surface area contributed by atoms with Crippen molar-refractivity contribution in [3.05, 3.63) is 145 Å². The van der Waals surface area contributed by atoms with Crippen molar-refractivity contribution in [1.82, 2.24) is 4.98 Å². The highest BCUT2D eigenvalue weighted by molar-refractivity contribution is 6.26. The summed E-state index contributed by atoms with van der Waals surface area (Å²) in [6, 6.07) is 41.8. The Bertz CT molecular complexity index is 2370. The van der Waals surface area contributed by atoms with Crippen LogP contribution in [0, 0.1) is 0 Å². The first-order valence-electron chi connectivity index (χ1n) is 14.8. The van der Waals surface area contributed by atoms with Crippen LogP contribution in [-0.4, -0.2) is 17.4 Å². The molecule has 0 bridgehead atoms. The lowest BCUT2D eigenvalue weighted by atomic mass is 9.89. The number of benzene rings is 7. The van der Waals surface area contributed by atoms with Gasteiger partial charge in [-0.25, -0.2) is 4.98 Å². The molecule has 7 aromatic carbocycles. The topological polar surface area (TPSA) is 47.6 Å². The number of hydrogen-bond donors (Lipinski definition) is 0. The fourth-order valence-corrected chi connectivity index (χ4v) is 6.19. The van der Waals surface area contributed by atoms with E-state index in [0.29, 0.717) is 24.1 Å². The van der Waals surface area contributed by atoms with Crippen molar-refractivity contribution in [3.63, 3.8) is 0 Å². The summed E-state index contributed by atoms with van der Waals surface area (Å²) < 4.78 is 12.8. The normalized spacial score (nSPS) is 12.1. The van der Waals surface area contributed by atoms with Gasteiger partial charge in [0.1, 0.15) is 5.76 Å². The molecule has 8 aromatic rings. The van der Waals surface area contributed by atoms with Gasteiger partial charge in [-0.1, -0.05) is 110 Å². The Morgan fingerprint density at radius 2 is 1.41 bits per heavy atom. The molecule has 0 atom stereocenters. The van der Waals surface area contributed by atoms with Gasteiger partial charge in [0.05, 0.1) is 6.20 Å². The highest BCUT2D eigenvalue weighted by Crippen LogP contribution is 2.41. The first-order chi connectivity index (χ1) is 21.7. The van der Waals surface area contributed by atoms with E-state index in [1.54, 1.807) is 6.20 Å². The van der Waals surface area contributed by atoms with Gasteiger partial charge in [-0.15, -0.1) is 0 Å². The van der Waals surface area contributed by atoms with Crippen molar-refractivity contribution in [1.29, 1.82) is 0 Å². The van der Waals surface area contributed by atoms with Crippen LogP contribution in [0.1, 0.15) is 18.1 Å². The molecule has 0 aliphatic heterocycles. The highest BCUT2D eigenvalue weighted by atomic mass is 16.5. The molecule has 1 heterocycles. The smallest absolute Gasteiger partial charge is 0.227 e. The second-order valence-electron chi connectivity index (χ2n) is 10.9. The predicted octanol–water partition coefficient (Wildman–Crippen LogP) is 10.5. The summed E-state index contributed by atoms with van der Waals surface area (Å²) in [5.74, 6) is 2.47. The van der Waals surface area contributed by atoms with E-state index in [0.717, 1.165) is 54.9 Å². The van der Waals surface area contributed by atoms with Gasteiger partial charge in [-0.3, -0.25) is 4.99 Å². The molecule has 0 saturated heterocycles. The fourth-order valence-electron chi connectivity index (χ4n) is 6.19. The Morgan fingerprint density at radius 1 is 0.727 bits per heavy atom. The molecule has 0 aliphatic carbocycles. The van der Waals surface area contributed by atoms with Gasteiger partial charge in [0.25, 0.3) is 0 Å². The molecular formula is C40H28N2O2. The summed E-state index contributed by atoms with van der Waals surface area (Å²) >= 11 is 0. The standard InChI is InChI=1S/C40H28N2O2/c1-3-41-39(31-14-13-26-9-7-8-12-30(26)23-31)43-25(2)32-19-15-28-17-21-34-35(22-18-29-16-20-33(32)37(28)38(29)34)40-42-24-36(44-40)27-10-5-4-6-11-27/h4-24H,2-3H2,1H3. The summed E-state index contributed by atoms with van der Waals surface area (Å²) in [5, 5.41) is 9.14. The van der Waals surface area contributed by atoms with Crippen LogP contribution in [0.5, 0.6) is 0 Å². The largest absolute Gasteiger partial charge is 0.439 e. The zero-order chi connectivity index (χ0) is 29.6. The van der Waals surface area contributed by atoms with E-state index in [9.17, 15) is 0 Å². The van der Waals surface area contributed by atoms with Crippen LogP contribution in [0.25, 0.3) is 71.6 Å². The van der Waals surface area contributed by atoms with Gasteiger partial charge in [0.2, 0.25) is 11.8 Å². The molecule has 0 radical (unpaired) electrons. The molecule has 4 nitrogen and oxygen atoms in total. The van der Waals surface area contributed by atoms with E-state index >= 15 is 0 Å². The third kappa shape index (κ3) is 4.31. The third-order valence-electron chi connectivity index (χ3n) is 8.28. The molecule has 4 heteroatoms. The number of hydrogen-bond acceptors (Lipinski definition) is 4. The Labute approximate surface area is 254 Å². The summed E-state index contributed by atoms with van der Waals surface area (Å²) in [6.45, 7) is 7.00. The zero-order valence-electron chi connectivity index (χ0n) is 24.2. The number of oxazole rings is 1. The molecule has 44 heavy (non-hydrogen) atoms. The van der Waals surface area contributed by atoms with Gasteiger partial charge >= 0.3 is 0 Å². The highest BCUT2D eigenvalue weighted by Gasteiger charge is 2.19. The van der Waals surface area contributed by atoms with E-state index in [1.807, 2.05) is 49.4 Å². The Hall–Kier alpha value is -5.74. The van der Waals surface area contributed by atoms with Crippen molar-refractivity contribution in [2.24, 2.45) is 4.99 Å². The first kappa shape index (κ1) is 25.9. The van der Waals surface area contributed by atoms with Crippen LogP contribution in [-0.2, 0) is 4.74 Å². The van der Waals surface area contributed by atoms with Crippen molar-refractivity contribution in [2.75, 3.05) is 6.54 Å². The third-order valence-corrected chi connectivity index (χ3v) is 8.28. The maximum atomic E-state index is 6.47. The van der Waals surface area contributed by atoms with Crippen molar-refractivity contribution in [3.8, 4) is 22.8 Å². The van der Waals surface area contributed by atoms with E-state index in [4.69, 9.17) is 14.1 Å². The van der Waals surface area contributed by atoms with Crippen LogP contribution < -0.4 is 0 Å². The lowest BCUT2D eigenvalue weighted by molar-refractivity contribution is 0.508. The van der Waals surface area contributed by atoms with Gasteiger partial charge in [-0.2, -0.15) is 0 Å². The monoisotopic (exact) mass is 568 g/mol. The molecule has 1 aromatic heterocycles. The van der Waals surface area contributed by atoms with Crippen LogP contribution >= 0.6 is 0 Å². The number of aliphatic imine (C=N–C) groups is 1. The molecule has 0 unspecified atom stereocenters. The molecular weight excluding hydrogens is 540 g/mol. The number of aromatic nitrogens is 1. The number of rotatable bonds is 6. The summed E-state index contributed by atoms with van der Waals surface area (Å²) in [7, 11) is 0. The van der Waals surface area contributed by atoms with Gasteiger partial charge in [0.15, 0.2) is 5.76 Å². The predicted molar refractivity (Wildman–Crippen MR) is 182 cm³/mol. The van der Waals surface area contributed by atoms with Crippen LogP contribution in [0.3, 0.4) is 0 Å². The fraction of sp³-hybridized carbons (Fsp3) is 0.0500. The average molecular weight is 569 g/mol. The lowest BCUT2D eigenvalue weighted by Gasteiger charge is -2.17. The average Bonchev–Trinajstić information content (AvgIpc) is 3.57. The zero-order valence-corrected chi connectivity index (χ0v) is 24.2. The van der Waals surface area contributed by atoms with Gasteiger partial charge in [0, 0.05) is 28.8 Å². The molecule has 0 spiro atoms. The van der Waals surface area contributed by atoms with Crippen molar-refractivity contribution >= 4 is 54.7 Å². The summed E-state index contributed by atoms with van der Waals surface area (Å²) in [5.41, 5.74) is 3.82. The molecule has 8 rings (SSSR count). The second-order valence-corrected chi connectivity index (χ2v) is 10.9. The number of ether oxygens (including phenoxy) is 1. The van der Waals surface area contributed by atoms with E-state index in [1.165, 1.54) is 16.2 Å². The second kappa shape index (κ2) is 10.5. The number of nitrogens with zero attached hydrogens (tertiary/aromatic N) is 2. The Balaban J connectivity index is 1.22. The molecule has 0 amide bonds. The Morgan fingerprint density at radius 3 is 2.23 bits per heavy atom. The lowest BCUT2D eigenvalue weighted by Crippen LogP contribution is -2.07. The minimum Gasteiger partial charge on any atom is -0.439 e. The molecule has 0 aliphatic rings. The SMILES string of the molecule is C=C(OC(=NCC)c1ccc2ccccc2c1)c1ccc2ccc3c(-c4ncc(-c5ccccc5)o4)ccc4ccc1c2c43. The van der Waals surface area contributed by atoms with E-state index < -0.39 is 0 Å². The van der Waals surface area contributed by atoms with Crippen LogP contribution in [0.4, 0.5) is 0 Å². The van der Waals surface area contributed by atoms with E-state index in [-0.39, 0.29) is 0 Å². The molecule has 0 saturated carbocycles. The number of fused-ring (bicyclic) bond motifs is 1. The summed E-state index contributed by atoms with van der Waals surface area (Å²) in [4.78, 5) is 9.39. The van der Waals surface area contributed by atoms with Crippen molar-refractivity contribution in [2.45, 2.75) is 6.92 Å². The minimum absolute atomic E-state index is 0.559. The summed E-state index contributed by atoms with van der Waals surface area (Å²) in [6.07, 6.45) is 1.80. The van der Waals surface area contributed by atoms with Crippen LogP contribution in [0.15, 0.2) is 144 Å². The molecule has 0 fully saturated rings. The van der Waals surface area contributed by atoms with Gasteiger partial charge in [-0.05, 0) is 68.2 Å². The van der Waals surface area contributed by atoms with Gasteiger partial charge < -0.3 is 9.15 Å². The quantitative estimate of drug-likeness (QED) is 0.0867. The minimum atomic E-state index is 0.559. The molecule has 210 valence electrons. The van der Waals surface area contributed by atoms with Crippen LogP contribution in [0.2, 0.25) is 0 Å².